The van der Waals surface area contributed by atoms with Crippen molar-refractivity contribution in [3.8, 4) is 5.75 Å². The van der Waals surface area contributed by atoms with E-state index in [2.05, 4.69) is 13.0 Å². The lowest BCUT2D eigenvalue weighted by Crippen LogP contribution is -2.47. The normalized spacial score (nSPS) is 30.5. The lowest BCUT2D eigenvalue weighted by Gasteiger charge is -2.53. The van der Waals surface area contributed by atoms with Gasteiger partial charge in [0, 0.05) is 28.7 Å². The summed E-state index contributed by atoms with van der Waals surface area (Å²) in [6, 6.07) is 5.92. The third-order valence-electron chi connectivity index (χ3n) is 10.6. The Hall–Kier alpha value is -1.22. The minimum Gasteiger partial charge on any atom is -0.508 e. The van der Waals surface area contributed by atoms with Gasteiger partial charge in [-0.3, -0.25) is 4.21 Å². The molecule has 3 aliphatic carbocycles. The Morgan fingerprint density at radius 2 is 1.59 bits per heavy atom. The van der Waals surface area contributed by atoms with Gasteiger partial charge in [0.15, 0.2) is 0 Å². The van der Waals surface area contributed by atoms with Gasteiger partial charge in [0.25, 0.3) is 0 Å². The summed E-state index contributed by atoms with van der Waals surface area (Å²) in [5.74, 6) is -1.91. The molecule has 4 rings (SSSR count). The highest BCUT2D eigenvalue weighted by Gasteiger charge is 2.57. The summed E-state index contributed by atoms with van der Waals surface area (Å²) in [5, 5.41) is 21.0. The van der Waals surface area contributed by atoms with Crippen LogP contribution in [0.25, 0.3) is 0 Å². The molecule has 1 aromatic rings. The molecule has 0 bridgehead atoms. The van der Waals surface area contributed by atoms with E-state index in [1.54, 1.807) is 0 Å². The molecule has 0 radical (unpaired) electrons. The number of alkyl halides is 5. The average Bonchev–Trinajstić information content (AvgIpc) is 3.20. The van der Waals surface area contributed by atoms with E-state index in [1.807, 2.05) is 12.1 Å². The van der Waals surface area contributed by atoms with Crippen LogP contribution in [0.3, 0.4) is 0 Å². The molecule has 1 aromatic carbocycles. The maximum absolute atomic E-state index is 13.0. The van der Waals surface area contributed by atoms with Gasteiger partial charge in [0.1, 0.15) is 5.75 Å². The fraction of sp³-hybridized carbons (Fsp3) is 0.812. The topological polar surface area (TPSA) is 57.5 Å². The lowest BCUT2D eigenvalue weighted by molar-refractivity contribution is -0.284. The fourth-order valence-corrected chi connectivity index (χ4v) is 9.48. The molecular formula is C32H47F5O3S. The second-order valence-electron chi connectivity index (χ2n) is 13.2. The Morgan fingerprint density at radius 1 is 0.927 bits per heavy atom. The van der Waals surface area contributed by atoms with Gasteiger partial charge in [-0.15, -0.1) is 0 Å². The van der Waals surface area contributed by atoms with Crippen molar-refractivity contribution in [3.63, 3.8) is 0 Å². The maximum atomic E-state index is 13.0. The zero-order chi connectivity index (χ0) is 29.8. The number of aliphatic hydroxyl groups excluding tert-OH is 1. The molecule has 0 aliphatic heterocycles. The first-order valence-corrected chi connectivity index (χ1v) is 17.1. The van der Waals surface area contributed by atoms with Crippen molar-refractivity contribution in [2.45, 2.75) is 127 Å². The second-order valence-corrected chi connectivity index (χ2v) is 14.9. The number of phenolic OH excluding ortho intramolecular Hbond substituents is 1. The minimum atomic E-state index is -5.54. The van der Waals surface area contributed by atoms with Gasteiger partial charge in [-0.05, 0) is 104 Å². The van der Waals surface area contributed by atoms with Crippen LogP contribution in [0.5, 0.6) is 5.75 Å². The van der Waals surface area contributed by atoms with Crippen LogP contribution in [0.2, 0.25) is 0 Å². The highest BCUT2D eigenvalue weighted by Crippen LogP contribution is 2.62. The van der Waals surface area contributed by atoms with Crippen molar-refractivity contribution in [3.05, 3.63) is 29.3 Å². The predicted octanol–water partition coefficient (Wildman–Crippen LogP) is 8.68. The monoisotopic (exact) mass is 606 g/mol. The van der Waals surface area contributed by atoms with Crippen molar-refractivity contribution < 1.29 is 36.4 Å². The lowest BCUT2D eigenvalue weighted by atomic mass is 9.52. The number of hydrogen-bond acceptors (Lipinski definition) is 3. The summed E-state index contributed by atoms with van der Waals surface area (Å²) in [6.07, 6.45) is 5.97. The summed E-state index contributed by atoms with van der Waals surface area (Å²) in [6.45, 7) is 2.30. The molecule has 9 heteroatoms. The molecule has 3 aliphatic rings. The zero-order valence-electron chi connectivity index (χ0n) is 24.2. The van der Waals surface area contributed by atoms with Gasteiger partial charge in [0.2, 0.25) is 0 Å². The molecule has 0 amide bonds. The van der Waals surface area contributed by atoms with Crippen LogP contribution in [0.4, 0.5) is 22.0 Å². The number of aliphatic hydroxyl groups is 1. The van der Waals surface area contributed by atoms with Crippen molar-refractivity contribution in [2.24, 2.45) is 23.2 Å². The number of rotatable bonds is 14. The molecule has 2 unspecified atom stereocenters. The number of halogens is 5. The van der Waals surface area contributed by atoms with Crippen LogP contribution in [0, 0.1) is 23.2 Å². The molecule has 0 saturated heterocycles. The molecule has 234 valence electrons. The Kier molecular flexibility index (Phi) is 10.8. The molecule has 41 heavy (non-hydrogen) atoms. The van der Waals surface area contributed by atoms with Crippen molar-refractivity contribution in [1.29, 1.82) is 0 Å². The molecule has 0 spiro atoms. The Morgan fingerprint density at radius 3 is 2.29 bits per heavy atom. The summed E-state index contributed by atoms with van der Waals surface area (Å²) < 4.78 is 74.5. The van der Waals surface area contributed by atoms with E-state index >= 15 is 0 Å². The highest BCUT2D eigenvalue weighted by atomic mass is 32.2. The van der Waals surface area contributed by atoms with Crippen LogP contribution >= 0.6 is 0 Å². The molecular weight excluding hydrogens is 559 g/mol. The summed E-state index contributed by atoms with van der Waals surface area (Å²) in [7, 11) is -1.35. The van der Waals surface area contributed by atoms with E-state index in [1.165, 1.54) is 11.1 Å². The first kappa shape index (κ1) is 32.7. The molecule has 2 N–H and O–H groups in total. The minimum absolute atomic E-state index is 0.0195. The molecule has 0 heterocycles. The smallest absolute Gasteiger partial charge is 0.453 e. The molecule has 2 fully saturated rings. The SMILES string of the molecule is C[C@]12CC[C@@H]3c4ccc(O)cc4CC(CCCCCCCCCS(=O)CCCC(F)(F)C(F)(F)F)[C@H]3[C@@H]1CC[C@@H]2O. The van der Waals surface area contributed by atoms with E-state index in [0.29, 0.717) is 41.6 Å². The zero-order valence-corrected chi connectivity index (χ0v) is 25.1. The van der Waals surface area contributed by atoms with Crippen LogP contribution < -0.4 is 0 Å². The summed E-state index contributed by atoms with van der Waals surface area (Å²) in [5.41, 5.74) is 2.73. The van der Waals surface area contributed by atoms with E-state index in [9.17, 15) is 36.4 Å². The van der Waals surface area contributed by atoms with Gasteiger partial charge in [-0.1, -0.05) is 51.5 Å². The first-order chi connectivity index (χ1) is 19.3. The van der Waals surface area contributed by atoms with Crippen molar-refractivity contribution >= 4 is 10.8 Å². The largest absolute Gasteiger partial charge is 0.508 e. The highest BCUT2D eigenvalue weighted by molar-refractivity contribution is 7.84. The fourth-order valence-electron chi connectivity index (χ4n) is 8.28. The average molecular weight is 607 g/mol. The third kappa shape index (κ3) is 7.66. The van der Waals surface area contributed by atoms with Gasteiger partial charge in [-0.25, -0.2) is 0 Å². The molecule has 7 atom stereocenters. The Balaban J connectivity index is 1.15. The van der Waals surface area contributed by atoms with E-state index in [-0.39, 0.29) is 17.3 Å². The quantitative estimate of drug-likeness (QED) is 0.165. The first-order valence-electron chi connectivity index (χ1n) is 15.6. The molecule has 2 saturated carbocycles. The van der Waals surface area contributed by atoms with Gasteiger partial charge < -0.3 is 10.2 Å². The summed E-state index contributed by atoms with van der Waals surface area (Å²) in [4.78, 5) is 0. The van der Waals surface area contributed by atoms with E-state index in [4.69, 9.17) is 0 Å². The predicted molar refractivity (Wildman–Crippen MR) is 153 cm³/mol. The van der Waals surface area contributed by atoms with E-state index in [0.717, 1.165) is 77.0 Å². The van der Waals surface area contributed by atoms with Gasteiger partial charge in [0.05, 0.1) is 6.10 Å². The molecule has 0 aromatic heterocycles. The standard InChI is InChI=1S/C32H47F5O3S/c1-30-17-15-26-25-12-11-24(38)21-23(25)20-22(29(26)27(30)13-14-28(30)39)10-7-5-3-2-4-6-8-18-41(40)19-9-16-31(33,34)32(35,36)37/h11-12,21-22,26-29,38-39H,2-10,13-20H2,1H3/t22?,26-,27+,28+,29-,30+,41?/m1/s1. The number of benzene rings is 1. The third-order valence-corrected chi connectivity index (χ3v) is 12.0. The number of fused-ring (bicyclic) bond motifs is 5. The number of hydrogen-bond donors (Lipinski definition) is 2. The van der Waals surface area contributed by atoms with Gasteiger partial charge in [-0.2, -0.15) is 22.0 Å². The number of aromatic hydroxyl groups is 1. The van der Waals surface area contributed by atoms with Crippen LogP contribution in [0.15, 0.2) is 18.2 Å². The number of unbranched alkanes of at least 4 members (excludes halogenated alkanes) is 6. The Labute approximate surface area is 244 Å². The maximum Gasteiger partial charge on any atom is 0.453 e. The van der Waals surface area contributed by atoms with E-state index < -0.39 is 35.7 Å². The van der Waals surface area contributed by atoms with Crippen LogP contribution in [0.1, 0.15) is 114 Å². The van der Waals surface area contributed by atoms with Crippen LogP contribution in [-0.2, 0) is 17.2 Å². The Bertz CT molecular complexity index is 1030. The molecule has 3 nitrogen and oxygen atoms in total. The van der Waals surface area contributed by atoms with Crippen LogP contribution in [-0.4, -0.2) is 44.1 Å². The number of phenols is 1. The van der Waals surface area contributed by atoms with Gasteiger partial charge >= 0.3 is 12.1 Å². The summed E-state index contributed by atoms with van der Waals surface area (Å²) >= 11 is 0. The second kappa shape index (κ2) is 13.6. The van der Waals surface area contributed by atoms with Crippen molar-refractivity contribution in [2.75, 3.05) is 11.5 Å². The van der Waals surface area contributed by atoms with Crippen molar-refractivity contribution in [1.82, 2.24) is 0 Å².